The zero-order valence-corrected chi connectivity index (χ0v) is 5.73. The SMILES string of the molecule is O=[P+](O)Oc1cncnc1. The molecule has 0 saturated carbocycles. The van der Waals surface area contributed by atoms with Crippen molar-refractivity contribution >= 4 is 8.25 Å². The Hall–Kier alpha value is -1.06. The molecule has 0 bridgehead atoms. The predicted molar refractivity (Wildman–Crippen MR) is 32.5 cm³/mol. The van der Waals surface area contributed by atoms with E-state index in [0.717, 1.165) is 0 Å². The molecule has 0 saturated heterocycles. The molecule has 1 unspecified atom stereocenters. The van der Waals surface area contributed by atoms with Gasteiger partial charge in [0.05, 0.1) is 12.4 Å². The molecule has 0 aliphatic rings. The van der Waals surface area contributed by atoms with Gasteiger partial charge in [0.1, 0.15) is 6.33 Å². The summed E-state index contributed by atoms with van der Waals surface area (Å²) >= 11 is 0. The normalized spacial score (nSPS) is 10.7. The third-order valence-corrected chi connectivity index (χ3v) is 1.09. The van der Waals surface area contributed by atoms with Gasteiger partial charge in [0.15, 0.2) is 0 Å². The summed E-state index contributed by atoms with van der Waals surface area (Å²) in [5, 5.41) is 0. The van der Waals surface area contributed by atoms with Gasteiger partial charge in [0, 0.05) is 4.57 Å². The minimum atomic E-state index is -2.61. The van der Waals surface area contributed by atoms with Crippen LogP contribution in [-0.4, -0.2) is 14.9 Å². The standard InChI is InChI=1S/C4H3N2O3P/c7-10(8)9-4-1-5-3-6-2-4/h1-3H/p+1. The van der Waals surface area contributed by atoms with Gasteiger partial charge >= 0.3 is 8.25 Å². The third kappa shape index (κ3) is 2.05. The molecule has 52 valence electrons. The molecule has 1 rings (SSSR count). The topological polar surface area (TPSA) is 72.3 Å². The minimum Gasteiger partial charge on any atom is -0.241 e. The summed E-state index contributed by atoms with van der Waals surface area (Å²) in [6, 6.07) is 0. The summed E-state index contributed by atoms with van der Waals surface area (Å²) in [5.41, 5.74) is 0. The van der Waals surface area contributed by atoms with E-state index in [1.54, 1.807) is 0 Å². The highest BCUT2D eigenvalue weighted by atomic mass is 31.1. The van der Waals surface area contributed by atoms with Crippen LogP contribution in [0.25, 0.3) is 0 Å². The highest BCUT2D eigenvalue weighted by Gasteiger charge is 2.13. The third-order valence-electron chi connectivity index (χ3n) is 0.720. The molecule has 1 atom stereocenters. The van der Waals surface area contributed by atoms with E-state index in [0.29, 0.717) is 0 Å². The first-order valence-electron chi connectivity index (χ1n) is 2.38. The number of hydrogen-bond acceptors (Lipinski definition) is 4. The Morgan fingerprint density at radius 2 is 2.10 bits per heavy atom. The molecular weight excluding hydrogens is 155 g/mol. The van der Waals surface area contributed by atoms with Crippen LogP contribution in [0.2, 0.25) is 0 Å². The Balaban J connectivity index is 2.67. The van der Waals surface area contributed by atoms with Crippen LogP contribution in [0.15, 0.2) is 18.7 Å². The Morgan fingerprint density at radius 1 is 1.50 bits per heavy atom. The van der Waals surface area contributed by atoms with Crippen LogP contribution in [0.4, 0.5) is 0 Å². The summed E-state index contributed by atoms with van der Waals surface area (Å²) in [4.78, 5) is 15.4. The smallest absolute Gasteiger partial charge is 0.241 e. The first-order chi connectivity index (χ1) is 4.79. The van der Waals surface area contributed by atoms with Gasteiger partial charge in [-0.05, 0) is 0 Å². The summed E-state index contributed by atoms with van der Waals surface area (Å²) in [6.45, 7) is 0. The van der Waals surface area contributed by atoms with E-state index >= 15 is 0 Å². The lowest BCUT2D eigenvalue weighted by molar-refractivity contribution is 0.409. The fraction of sp³-hybridized carbons (Fsp3) is 0. The van der Waals surface area contributed by atoms with E-state index in [1.807, 2.05) is 0 Å². The monoisotopic (exact) mass is 159 g/mol. The fourth-order valence-corrected chi connectivity index (χ4v) is 0.697. The number of nitrogens with zero attached hydrogens (tertiary/aromatic N) is 2. The van der Waals surface area contributed by atoms with Crippen molar-refractivity contribution in [3.8, 4) is 5.75 Å². The predicted octanol–water partition coefficient (Wildman–Crippen LogP) is 0.505. The van der Waals surface area contributed by atoms with Crippen LogP contribution in [0, 0.1) is 0 Å². The van der Waals surface area contributed by atoms with Crippen LogP contribution in [0.5, 0.6) is 5.75 Å². The average molecular weight is 159 g/mol. The molecule has 0 radical (unpaired) electrons. The highest BCUT2D eigenvalue weighted by Crippen LogP contribution is 2.19. The van der Waals surface area contributed by atoms with Crippen molar-refractivity contribution in [3.63, 3.8) is 0 Å². The van der Waals surface area contributed by atoms with Gasteiger partial charge in [-0.25, -0.2) is 14.5 Å². The zero-order chi connectivity index (χ0) is 7.40. The summed E-state index contributed by atoms with van der Waals surface area (Å²) in [6.07, 6.45) is 3.91. The molecule has 6 heteroatoms. The molecule has 0 spiro atoms. The molecule has 1 heterocycles. The molecule has 0 aliphatic heterocycles. The van der Waals surface area contributed by atoms with Crippen LogP contribution < -0.4 is 4.52 Å². The van der Waals surface area contributed by atoms with E-state index in [-0.39, 0.29) is 5.75 Å². The van der Waals surface area contributed by atoms with Gasteiger partial charge in [-0.3, -0.25) is 0 Å². The lowest BCUT2D eigenvalue weighted by Gasteiger charge is -1.84. The molecule has 1 aromatic heterocycles. The van der Waals surface area contributed by atoms with Crippen molar-refractivity contribution in [3.05, 3.63) is 18.7 Å². The Kier molecular flexibility index (Phi) is 2.25. The first-order valence-corrected chi connectivity index (χ1v) is 3.51. The molecule has 0 fully saturated rings. The largest absolute Gasteiger partial charge is 0.747 e. The maximum Gasteiger partial charge on any atom is 0.747 e. The second-order valence-corrected chi connectivity index (χ2v) is 2.06. The number of hydrogen-bond donors (Lipinski definition) is 1. The quantitative estimate of drug-likeness (QED) is 0.636. The Labute approximate surface area is 57.7 Å². The lowest BCUT2D eigenvalue weighted by atomic mass is 10.6. The molecular formula is C4H4N2O3P+. The lowest BCUT2D eigenvalue weighted by Crippen LogP contribution is -1.82. The minimum absolute atomic E-state index is 0.186. The summed E-state index contributed by atoms with van der Waals surface area (Å²) in [5.74, 6) is 0.186. The Bertz CT molecular complexity index is 227. The van der Waals surface area contributed by atoms with E-state index < -0.39 is 8.25 Å². The summed E-state index contributed by atoms with van der Waals surface area (Å²) < 4.78 is 14.4. The second kappa shape index (κ2) is 3.20. The fourth-order valence-electron chi connectivity index (χ4n) is 0.423. The van der Waals surface area contributed by atoms with Crippen molar-refractivity contribution in [1.29, 1.82) is 0 Å². The van der Waals surface area contributed by atoms with E-state index in [2.05, 4.69) is 14.5 Å². The molecule has 0 aromatic carbocycles. The van der Waals surface area contributed by atoms with Gasteiger partial charge in [-0.2, -0.15) is 0 Å². The highest BCUT2D eigenvalue weighted by molar-refractivity contribution is 7.32. The first kappa shape index (κ1) is 7.05. The van der Waals surface area contributed by atoms with Crippen molar-refractivity contribution in [2.75, 3.05) is 0 Å². The van der Waals surface area contributed by atoms with Crippen LogP contribution >= 0.6 is 8.25 Å². The van der Waals surface area contributed by atoms with Crippen molar-refractivity contribution in [2.24, 2.45) is 0 Å². The summed E-state index contributed by atoms with van der Waals surface area (Å²) in [7, 11) is -2.61. The maximum absolute atomic E-state index is 10.0. The van der Waals surface area contributed by atoms with E-state index in [1.165, 1.54) is 18.7 Å². The van der Waals surface area contributed by atoms with Gasteiger partial charge in [-0.15, -0.1) is 4.89 Å². The molecule has 0 amide bonds. The van der Waals surface area contributed by atoms with Crippen LogP contribution in [0.3, 0.4) is 0 Å². The van der Waals surface area contributed by atoms with E-state index in [4.69, 9.17) is 4.89 Å². The Morgan fingerprint density at radius 3 is 2.60 bits per heavy atom. The molecule has 10 heavy (non-hydrogen) atoms. The van der Waals surface area contributed by atoms with Gasteiger partial charge in [0.2, 0.25) is 5.75 Å². The molecule has 1 aromatic rings. The molecule has 1 N–H and O–H groups in total. The second-order valence-electron chi connectivity index (χ2n) is 1.40. The molecule has 0 aliphatic carbocycles. The molecule has 5 nitrogen and oxygen atoms in total. The number of aromatic nitrogens is 2. The van der Waals surface area contributed by atoms with Crippen molar-refractivity contribution in [2.45, 2.75) is 0 Å². The average Bonchev–Trinajstić information content (AvgIpc) is 1.88. The van der Waals surface area contributed by atoms with Gasteiger partial charge in [0.25, 0.3) is 0 Å². The maximum atomic E-state index is 10.0. The van der Waals surface area contributed by atoms with Crippen LogP contribution in [0.1, 0.15) is 0 Å². The van der Waals surface area contributed by atoms with E-state index in [9.17, 15) is 4.57 Å². The van der Waals surface area contributed by atoms with Gasteiger partial charge < -0.3 is 0 Å². The van der Waals surface area contributed by atoms with Crippen molar-refractivity contribution < 1.29 is 14.0 Å². The van der Waals surface area contributed by atoms with Crippen molar-refractivity contribution in [1.82, 2.24) is 9.97 Å². The van der Waals surface area contributed by atoms with Gasteiger partial charge in [-0.1, -0.05) is 0 Å². The number of rotatable bonds is 2. The zero-order valence-electron chi connectivity index (χ0n) is 4.84. The van der Waals surface area contributed by atoms with Crippen LogP contribution in [-0.2, 0) is 4.57 Å².